The molecule has 0 atom stereocenters. The van der Waals surface area contributed by atoms with Crippen LogP contribution in [0.3, 0.4) is 0 Å². The number of hydrogen-bond donors (Lipinski definition) is 1. The zero-order chi connectivity index (χ0) is 12.3. The van der Waals surface area contributed by atoms with E-state index in [1.807, 2.05) is 49.4 Å². The Morgan fingerprint density at radius 3 is 2.71 bits per heavy atom. The second-order valence-corrected chi connectivity index (χ2v) is 4.74. The maximum absolute atomic E-state index is 5.80. The quantitative estimate of drug-likeness (QED) is 0.927. The molecule has 0 saturated carbocycles. The van der Waals surface area contributed by atoms with E-state index in [1.165, 1.54) is 5.56 Å². The molecule has 2 N–H and O–H groups in total. The summed E-state index contributed by atoms with van der Waals surface area (Å²) in [6.07, 6.45) is 0. The second kappa shape index (κ2) is 5.34. The summed E-state index contributed by atoms with van der Waals surface area (Å²) in [6.45, 7) is 2.57. The van der Waals surface area contributed by atoms with Gasteiger partial charge in [0.1, 0.15) is 11.5 Å². The van der Waals surface area contributed by atoms with Crippen molar-refractivity contribution in [1.82, 2.24) is 0 Å². The largest absolute Gasteiger partial charge is 0.456 e. The summed E-state index contributed by atoms with van der Waals surface area (Å²) in [5, 5.41) is 0. The first kappa shape index (κ1) is 12.1. The van der Waals surface area contributed by atoms with E-state index in [0.717, 1.165) is 21.5 Å². The van der Waals surface area contributed by atoms with Crippen LogP contribution in [0.25, 0.3) is 0 Å². The van der Waals surface area contributed by atoms with Crippen LogP contribution in [-0.4, -0.2) is 0 Å². The fraction of sp³-hybridized carbons (Fsp3) is 0.143. The van der Waals surface area contributed by atoms with Crippen LogP contribution in [0.4, 0.5) is 0 Å². The summed E-state index contributed by atoms with van der Waals surface area (Å²) in [5.41, 5.74) is 7.85. The highest BCUT2D eigenvalue weighted by molar-refractivity contribution is 9.10. The van der Waals surface area contributed by atoms with Crippen LogP contribution in [0.5, 0.6) is 11.5 Å². The molecule has 2 nitrogen and oxygen atoms in total. The van der Waals surface area contributed by atoms with Crippen molar-refractivity contribution in [2.45, 2.75) is 13.5 Å². The lowest BCUT2D eigenvalue weighted by Crippen LogP contribution is -1.96. The van der Waals surface area contributed by atoms with Gasteiger partial charge in [0.15, 0.2) is 0 Å². The number of rotatable bonds is 3. The van der Waals surface area contributed by atoms with Crippen LogP contribution in [-0.2, 0) is 6.54 Å². The van der Waals surface area contributed by atoms with E-state index in [4.69, 9.17) is 10.5 Å². The lowest BCUT2D eigenvalue weighted by Gasteiger charge is -2.09. The van der Waals surface area contributed by atoms with E-state index >= 15 is 0 Å². The summed E-state index contributed by atoms with van der Waals surface area (Å²) in [6, 6.07) is 13.8. The highest BCUT2D eigenvalue weighted by Gasteiger charge is 2.03. The summed E-state index contributed by atoms with van der Waals surface area (Å²) < 4.78 is 6.76. The Labute approximate surface area is 110 Å². The molecule has 0 aliphatic rings. The van der Waals surface area contributed by atoms with Gasteiger partial charge in [0.2, 0.25) is 0 Å². The third kappa shape index (κ3) is 3.08. The summed E-state index contributed by atoms with van der Waals surface area (Å²) in [7, 11) is 0. The zero-order valence-corrected chi connectivity index (χ0v) is 11.2. The second-order valence-electron chi connectivity index (χ2n) is 3.89. The highest BCUT2D eigenvalue weighted by atomic mass is 79.9. The van der Waals surface area contributed by atoms with E-state index in [9.17, 15) is 0 Å². The Kier molecular flexibility index (Phi) is 3.82. The molecular formula is C14H14BrNO. The van der Waals surface area contributed by atoms with Gasteiger partial charge in [-0.05, 0) is 58.2 Å². The molecule has 0 fully saturated rings. The Morgan fingerprint density at radius 2 is 2.00 bits per heavy atom. The Hall–Kier alpha value is -1.32. The van der Waals surface area contributed by atoms with Crippen LogP contribution < -0.4 is 10.5 Å². The Morgan fingerprint density at radius 1 is 1.18 bits per heavy atom. The Bertz CT molecular complexity index is 525. The third-order valence-electron chi connectivity index (χ3n) is 2.45. The predicted octanol–water partition coefficient (Wildman–Crippen LogP) is 4.01. The standard InChI is InChI=1S/C14H14BrNO/c1-10-5-6-14(13(15)7-10)17-12-4-2-3-11(8-12)9-16/h2-8H,9,16H2,1H3. The van der Waals surface area contributed by atoms with Crippen LogP contribution in [0.2, 0.25) is 0 Å². The minimum absolute atomic E-state index is 0.520. The minimum atomic E-state index is 0.520. The van der Waals surface area contributed by atoms with Crippen LogP contribution in [0, 0.1) is 6.92 Å². The molecule has 2 aromatic rings. The van der Waals surface area contributed by atoms with Crippen molar-refractivity contribution in [3.05, 3.63) is 58.1 Å². The number of benzene rings is 2. The lowest BCUT2D eigenvalue weighted by molar-refractivity contribution is 0.479. The molecule has 0 aromatic heterocycles. The molecule has 3 heteroatoms. The smallest absolute Gasteiger partial charge is 0.141 e. The first-order chi connectivity index (χ1) is 8.19. The van der Waals surface area contributed by atoms with Crippen molar-refractivity contribution < 1.29 is 4.74 Å². The van der Waals surface area contributed by atoms with Crippen LogP contribution in [0.15, 0.2) is 46.9 Å². The normalized spacial score (nSPS) is 10.3. The number of nitrogens with two attached hydrogens (primary N) is 1. The number of aryl methyl sites for hydroxylation is 1. The average Bonchev–Trinajstić information content (AvgIpc) is 2.33. The van der Waals surface area contributed by atoms with E-state index < -0.39 is 0 Å². The summed E-state index contributed by atoms with van der Waals surface area (Å²) in [4.78, 5) is 0. The first-order valence-electron chi connectivity index (χ1n) is 5.42. The fourth-order valence-corrected chi connectivity index (χ4v) is 2.13. The molecule has 0 aliphatic heterocycles. The minimum Gasteiger partial charge on any atom is -0.456 e. The van der Waals surface area contributed by atoms with Crippen LogP contribution in [0.1, 0.15) is 11.1 Å². The van der Waals surface area contributed by atoms with Gasteiger partial charge in [0, 0.05) is 6.54 Å². The topological polar surface area (TPSA) is 35.2 Å². The maximum atomic E-state index is 5.80. The maximum Gasteiger partial charge on any atom is 0.141 e. The summed E-state index contributed by atoms with van der Waals surface area (Å²) >= 11 is 3.49. The van der Waals surface area contributed by atoms with Crippen LogP contribution >= 0.6 is 15.9 Å². The van der Waals surface area contributed by atoms with Gasteiger partial charge in [-0.15, -0.1) is 0 Å². The molecule has 0 amide bonds. The van der Waals surface area contributed by atoms with E-state index in [-0.39, 0.29) is 0 Å². The van der Waals surface area contributed by atoms with Gasteiger partial charge in [0.05, 0.1) is 4.47 Å². The highest BCUT2D eigenvalue weighted by Crippen LogP contribution is 2.30. The molecule has 0 heterocycles. The molecule has 0 spiro atoms. The molecule has 0 bridgehead atoms. The monoisotopic (exact) mass is 291 g/mol. The van der Waals surface area contributed by atoms with Gasteiger partial charge in [-0.1, -0.05) is 18.2 Å². The lowest BCUT2D eigenvalue weighted by atomic mass is 10.2. The van der Waals surface area contributed by atoms with Gasteiger partial charge in [0.25, 0.3) is 0 Å². The van der Waals surface area contributed by atoms with Gasteiger partial charge in [-0.25, -0.2) is 0 Å². The molecule has 17 heavy (non-hydrogen) atoms. The number of halogens is 1. The number of hydrogen-bond acceptors (Lipinski definition) is 2. The first-order valence-corrected chi connectivity index (χ1v) is 6.21. The van der Waals surface area contributed by atoms with Crippen molar-refractivity contribution in [3.8, 4) is 11.5 Å². The van der Waals surface area contributed by atoms with Gasteiger partial charge >= 0.3 is 0 Å². The van der Waals surface area contributed by atoms with E-state index in [0.29, 0.717) is 6.54 Å². The van der Waals surface area contributed by atoms with Gasteiger partial charge in [-0.3, -0.25) is 0 Å². The fourth-order valence-electron chi connectivity index (χ4n) is 1.55. The van der Waals surface area contributed by atoms with E-state index in [2.05, 4.69) is 15.9 Å². The third-order valence-corrected chi connectivity index (χ3v) is 3.07. The zero-order valence-electron chi connectivity index (χ0n) is 9.61. The molecule has 0 unspecified atom stereocenters. The molecule has 0 saturated heterocycles. The summed E-state index contributed by atoms with van der Waals surface area (Å²) in [5.74, 6) is 1.61. The van der Waals surface area contributed by atoms with Crippen molar-refractivity contribution in [2.24, 2.45) is 5.73 Å². The average molecular weight is 292 g/mol. The van der Waals surface area contributed by atoms with Crippen molar-refractivity contribution in [2.75, 3.05) is 0 Å². The van der Waals surface area contributed by atoms with Crippen molar-refractivity contribution in [1.29, 1.82) is 0 Å². The molecule has 0 radical (unpaired) electrons. The molecule has 0 aliphatic carbocycles. The molecule has 2 rings (SSSR count). The SMILES string of the molecule is Cc1ccc(Oc2cccc(CN)c2)c(Br)c1. The number of ether oxygens (including phenoxy) is 1. The van der Waals surface area contributed by atoms with Crippen molar-refractivity contribution >= 4 is 15.9 Å². The Balaban J connectivity index is 2.25. The molecular weight excluding hydrogens is 278 g/mol. The molecule has 88 valence electrons. The van der Waals surface area contributed by atoms with Gasteiger partial charge in [-0.2, -0.15) is 0 Å². The van der Waals surface area contributed by atoms with Crippen molar-refractivity contribution in [3.63, 3.8) is 0 Å². The predicted molar refractivity (Wildman–Crippen MR) is 73.3 cm³/mol. The van der Waals surface area contributed by atoms with Gasteiger partial charge < -0.3 is 10.5 Å². The van der Waals surface area contributed by atoms with E-state index in [1.54, 1.807) is 0 Å². The molecule has 2 aromatic carbocycles.